The first-order chi connectivity index (χ1) is 24.6. The lowest BCUT2D eigenvalue weighted by Crippen LogP contribution is -2.16. The molecule has 4 aromatic carbocycles. The molecule has 0 unspecified atom stereocenters. The smallest absolute Gasteiger partial charge is 0.338 e. The fraction of sp³-hybridized carbons (Fsp3) is 0.261. The summed E-state index contributed by atoms with van der Waals surface area (Å²) in [5.41, 5.74) is 11.5. The Hall–Kier alpha value is -5.82. The molecule has 0 fully saturated rings. The Morgan fingerprint density at radius 2 is 1.12 bits per heavy atom. The third kappa shape index (κ3) is 7.74. The van der Waals surface area contributed by atoms with Crippen molar-refractivity contribution in [3.63, 3.8) is 0 Å². The van der Waals surface area contributed by atoms with Crippen LogP contribution in [0.25, 0.3) is 22.3 Å². The first-order valence-corrected chi connectivity index (χ1v) is 17.2. The number of carbonyl (C=O) groups excluding carboxylic acids is 2. The topological polar surface area (TPSA) is 93.1 Å². The van der Waals surface area contributed by atoms with Crippen LogP contribution < -0.4 is 4.74 Å². The molecule has 6 heteroatoms. The van der Waals surface area contributed by atoms with Crippen molar-refractivity contribution in [2.24, 2.45) is 0 Å². The summed E-state index contributed by atoms with van der Waals surface area (Å²) in [7, 11) is 0. The molecule has 2 N–H and O–H groups in total. The van der Waals surface area contributed by atoms with Crippen LogP contribution in [0.3, 0.4) is 0 Å². The van der Waals surface area contributed by atoms with Gasteiger partial charge in [-0.2, -0.15) is 0 Å². The second kappa shape index (κ2) is 15.2. The van der Waals surface area contributed by atoms with E-state index < -0.39 is 11.9 Å². The molecule has 2 aliphatic carbocycles. The van der Waals surface area contributed by atoms with E-state index in [0.717, 1.165) is 33.4 Å². The largest absolute Gasteiger partial charge is 0.508 e. The summed E-state index contributed by atoms with van der Waals surface area (Å²) in [5.74, 6) is 12.2. The Balaban J connectivity index is 0.000000216. The third-order valence-corrected chi connectivity index (χ3v) is 9.38. The van der Waals surface area contributed by atoms with Gasteiger partial charge in [-0.1, -0.05) is 88.8 Å². The minimum absolute atomic E-state index is 0.0914. The Morgan fingerprint density at radius 1 is 0.654 bits per heavy atom. The van der Waals surface area contributed by atoms with Crippen LogP contribution >= 0.6 is 0 Å². The summed E-state index contributed by atoms with van der Waals surface area (Å²) >= 11 is 0. The molecule has 0 saturated heterocycles. The fourth-order valence-corrected chi connectivity index (χ4v) is 6.56. The van der Waals surface area contributed by atoms with Gasteiger partial charge in [0, 0.05) is 45.9 Å². The van der Waals surface area contributed by atoms with Crippen LogP contribution in [-0.4, -0.2) is 35.4 Å². The van der Waals surface area contributed by atoms with E-state index in [-0.39, 0.29) is 24.0 Å². The second-order valence-corrected chi connectivity index (χ2v) is 14.1. The standard InChI is InChI=1S/C27H26O4.C19H18O2/c1-17(2)25(28)30-14-8-7-9-19-10-12-21-22-13-11-20(31-26(29)18(3)4)16-24(22)27(5,6)23(21)15-19;1-19(2)17-11-13(5-3-4-10-20)6-8-15(17)16-9-7-14(21)12-18(16)19/h10-13,15-16H,1,3,8,14H2,2,4-6H3;6-9,11-12,20-21H,4,10H2,1-2H3. The summed E-state index contributed by atoms with van der Waals surface area (Å²) < 4.78 is 10.5. The molecular formula is C46H44O6. The molecule has 6 nitrogen and oxygen atoms in total. The molecule has 0 heterocycles. The number of rotatable bonds is 6. The van der Waals surface area contributed by atoms with E-state index in [1.807, 2.05) is 42.5 Å². The van der Waals surface area contributed by atoms with Gasteiger partial charge in [-0.3, -0.25) is 0 Å². The van der Waals surface area contributed by atoms with Gasteiger partial charge in [0.1, 0.15) is 18.1 Å². The van der Waals surface area contributed by atoms with Crippen LogP contribution in [0.4, 0.5) is 0 Å². The maximum Gasteiger partial charge on any atom is 0.338 e. The Bertz CT molecular complexity index is 2230. The number of esters is 2. The second-order valence-electron chi connectivity index (χ2n) is 14.1. The van der Waals surface area contributed by atoms with Crippen LogP contribution in [0, 0.1) is 23.7 Å². The van der Waals surface area contributed by atoms with E-state index in [2.05, 4.69) is 88.8 Å². The Labute approximate surface area is 306 Å². The average molecular weight is 693 g/mol. The lowest BCUT2D eigenvalue weighted by molar-refractivity contribution is -0.138. The molecule has 0 atom stereocenters. The summed E-state index contributed by atoms with van der Waals surface area (Å²) in [5, 5.41) is 18.6. The molecule has 0 bridgehead atoms. The summed E-state index contributed by atoms with van der Waals surface area (Å²) in [6.45, 7) is 19.4. The number of fused-ring (bicyclic) bond motifs is 6. The molecule has 6 rings (SSSR count). The maximum atomic E-state index is 11.9. The van der Waals surface area contributed by atoms with Crippen LogP contribution in [0.15, 0.2) is 97.1 Å². The summed E-state index contributed by atoms with van der Waals surface area (Å²) in [6.07, 6.45) is 0.950. The third-order valence-electron chi connectivity index (χ3n) is 9.38. The molecule has 0 amide bonds. The molecule has 0 saturated carbocycles. The van der Waals surface area contributed by atoms with Gasteiger partial charge in [-0.25, -0.2) is 9.59 Å². The predicted molar refractivity (Wildman–Crippen MR) is 206 cm³/mol. The highest BCUT2D eigenvalue weighted by atomic mass is 16.5. The number of ether oxygens (including phenoxy) is 2. The van der Waals surface area contributed by atoms with E-state index in [1.54, 1.807) is 19.9 Å². The zero-order valence-corrected chi connectivity index (χ0v) is 30.7. The van der Waals surface area contributed by atoms with Crippen LogP contribution in [0.2, 0.25) is 0 Å². The van der Waals surface area contributed by atoms with Gasteiger partial charge in [0.15, 0.2) is 0 Å². The number of hydrogen-bond donors (Lipinski definition) is 2. The molecule has 0 spiro atoms. The van der Waals surface area contributed by atoms with Gasteiger partial charge in [-0.05, 0) is 107 Å². The molecular weight excluding hydrogens is 649 g/mol. The molecule has 0 aromatic heterocycles. The number of hydrogen-bond acceptors (Lipinski definition) is 6. The van der Waals surface area contributed by atoms with E-state index in [4.69, 9.17) is 14.6 Å². The van der Waals surface area contributed by atoms with Crippen molar-refractivity contribution in [1.82, 2.24) is 0 Å². The van der Waals surface area contributed by atoms with Gasteiger partial charge < -0.3 is 19.7 Å². The van der Waals surface area contributed by atoms with Crippen molar-refractivity contribution >= 4 is 11.9 Å². The summed E-state index contributed by atoms with van der Waals surface area (Å²) in [4.78, 5) is 23.3. The van der Waals surface area contributed by atoms with E-state index in [9.17, 15) is 14.7 Å². The van der Waals surface area contributed by atoms with Crippen molar-refractivity contribution in [2.45, 2.75) is 65.2 Å². The first-order valence-electron chi connectivity index (χ1n) is 17.2. The van der Waals surface area contributed by atoms with Crippen molar-refractivity contribution in [1.29, 1.82) is 0 Å². The van der Waals surface area contributed by atoms with Gasteiger partial charge in [0.2, 0.25) is 0 Å². The average Bonchev–Trinajstić information content (AvgIpc) is 3.46. The zero-order chi connectivity index (χ0) is 37.8. The van der Waals surface area contributed by atoms with Crippen molar-refractivity contribution in [3.8, 4) is 57.4 Å². The molecule has 0 radical (unpaired) electrons. The van der Waals surface area contributed by atoms with Gasteiger partial charge >= 0.3 is 11.9 Å². The number of aliphatic hydroxyl groups excluding tert-OH is 1. The van der Waals surface area contributed by atoms with E-state index in [0.29, 0.717) is 35.5 Å². The highest BCUT2D eigenvalue weighted by molar-refractivity contribution is 5.89. The van der Waals surface area contributed by atoms with Gasteiger partial charge in [0.05, 0.1) is 6.61 Å². The van der Waals surface area contributed by atoms with Crippen molar-refractivity contribution in [2.75, 3.05) is 13.2 Å². The molecule has 52 heavy (non-hydrogen) atoms. The molecule has 0 aliphatic heterocycles. The van der Waals surface area contributed by atoms with Crippen molar-refractivity contribution in [3.05, 3.63) is 130 Å². The first kappa shape index (κ1) is 37.4. The fourth-order valence-electron chi connectivity index (χ4n) is 6.56. The predicted octanol–water partition coefficient (Wildman–Crippen LogP) is 8.77. The number of phenolic OH excluding ortho intramolecular Hbond substituents is 1. The Morgan fingerprint density at radius 3 is 1.63 bits per heavy atom. The Kier molecular flexibility index (Phi) is 10.9. The van der Waals surface area contributed by atoms with Crippen molar-refractivity contribution < 1.29 is 29.3 Å². The monoisotopic (exact) mass is 692 g/mol. The maximum absolute atomic E-state index is 11.9. The zero-order valence-electron chi connectivity index (χ0n) is 30.7. The highest BCUT2D eigenvalue weighted by Gasteiger charge is 2.37. The van der Waals surface area contributed by atoms with Crippen LogP contribution in [0.1, 0.15) is 87.8 Å². The number of aliphatic hydroxyl groups is 1. The van der Waals surface area contributed by atoms with E-state index >= 15 is 0 Å². The quantitative estimate of drug-likeness (QED) is 0.0690. The SMILES string of the molecule is C=C(C)C(=O)OCCC#Cc1ccc2c(c1)C(C)(C)c1cc(OC(=O)C(=C)C)ccc1-2.CC1(C)c2cc(O)ccc2-c2ccc(C#CCCO)cc21. The number of benzene rings is 4. The number of carbonyl (C=O) groups is 2. The van der Waals surface area contributed by atoms with Crippen LogP contribution in [-0.2, 0) is 25.2 Å². The molecule has 264 valence electrons. The molecule has 2 aliphatic rings. The minimum atomic E-state index is -0.431. The molecule has 4 aromatic rings. The number of aromatic hydroxyl groups is 1. The van der Waals surface area contributed by atoms with Gasteiger partial charge in [0.25, 0.3) is 0 Å². The normalized spacial score (nSPS) is 13.2. The van der Waals surface area contributed by atoms with Crippen LogP contribution in [0.5, 0.6) is 11.5 Å². The van der Waals surface area contributed by atoms with Gasteiger partial charge in [-0.15, -0.1) is 0 Å². The lowest BCUT2D eigenvalue weighted by Gasteiger charge is -2.22. The summed E-state index contributed by atoms with van der Waals surface area (Å²) in [6, 6.07) is 23.7. The minimum Gasteiger partial charge on any atom is -0.508 e. The number of phenols is 1. The lowest BCUT2D eigenvalue weighted by atomic mass is 9.82. The van der Waals surface area contributed by atoms with E-state index in [1.165, 1.54) is 22.3 Å². The highest BCUT2D eigenvalue weighted by Crippen LogP contribution is 2.51.